The second kappa shape index (κ2) is 6.72. The van der Waals surface area contributed by atoms with Gasteiger partial charge in [-0.15, -0.1) is 0 Å². The second-order valence-corrected chi connectivity index (χ2v) is 7.57. The summed E-state index contributed by atoms with van der Waals surface area (Å²) in [6.07, 6.45) is 6.69. The normalized spacial score (nSPS) is 15.8. The van der Waals surface area contributed by atoms with Crippen LogP contribution in [0.5, 0.6) is 0 Å². The van der Waals surface area contributed by atoms with Crippen molar-refractivity contribution in [2.24, 2.45) is 7.05 Å². The van der Waals surface area contributed by atoms with E-state index in [2.05, 4.69) is 24.3 Å². The SMILES string of the molecule is Cn1c(=O)n(Cc2ccc(C3CCCCC3)cc2)c2ccc(Cl)cc21. The van der Waals surface area contributed by atoms with Gasteiger partial charge in [-0.1, -0.05) is 55.1 Å². The summed E-state index contributed by atoms with van der Waals surface area (Å²) in [6.45, 7) is 0.586. The van der Waals surface area contributed by atoms with E-state index in [0.717, 1.165) is 16.6 Å². The summed E-state index contributed by atoms with van der Waals surface area (Å²) in [5.41, 5.74) is 4.39. The molecule has 0 atom stereocenters. The highest BCUT2D eigenvalue weighted by atomic mass is 35.5. The van der Waals surface area contributed by atoms with E-state index in [1.165, 1.54) is 37.7 Å². The standard InChI is InChI=1S/C21H23ClN2O/c1-23-20-13-18(22)11-12-19(20)24(21(23)25)14-15-7-9-17(10-8-15)16-5-3-2-4-6-16/h7-13,16H,2-6,14H2,1H3. The highest BCUT2D eigenvalue weighted by Gasteiger charge is 2.16. The molecule has 2 aromatic carbocycles. The number of aromatic nitrogens is 2. The van der Waals surface area contributed by atoms with E-state index in [-0.39, 0.29) is 5.69 Å². The Hall–Kier alpha value is -2.00. The lowest BCUT2D eigenvalue weighted by Crippen LogP contribution is -2.22. The van der Waals surface area contributed by atoms with Crippen molar-refractivity contribution in [3.8, 4) is 0 Å². The third kappa shape index (κ3) is 3.13. The Balaban J connectivity index is 1.63. The number of benzene rings is 2. The largest absolute Gasteiger partial charge is 0.329 e. The number of hydrogen-bond acceptors (Lipinski definition) is 1. The molecule has 1 saturated carbocycles. The molecule has 1 aliphatic carbocycles. The average Bonchev–Trinajstić information content (AvgIpc) is 2.88. The van der Waals surface area contributed by atoms with E-state index in [4.69, 9.17) is 11.6 Å². The van der Waals surface area contributed by atoms with Crippen molar-refractivity contribution in [1.82, 2.24) is 9.13 Å². The molecule has 1 aliphatic rings. The van der Waals surface area contributed by atoms with Gasteiger partial charge in [0, 0.05) is 12.1 Å². The van der Waals surface area contributed by atoms with E-state index in [9.17, 15) is 4.79 Å². The van der Waals surface area contributed by atoms with Crippen LogP contribution >= 0.6 is 11.6 Å². The predicted octanol–water partition coefficient (Wildman–Crippen LogP) is 5.09. The first-order valence-electron chi connectivity index (χ1n) is 9.07. The minimum absolute atomic E-state index is 0.00590. The van der Waals surface area contributed by atoms with Crippen LogP contribution in [0, 0.1) is 0 Å². The molecule has 130 valence electrons. The van der Waals surface area contributed by atoms with Gasteiger partial charge in [-0.25, -0.2) is 4.79 Å². The topological polar surface area (TPSA) is 26.9 Å². The van der Waals surface area contributed by atoms with Gasteiger partial charge in [-0.2, -0.15) is 0 Å². The summed E-state index contributed by atoms with van der Waals surface area (Å²) in [4.78, 5) is 12.6. The number of rotatable bonds is 3. The Morgan fingerprint density at radius 1 is 1.00 bits per heavy atom. The highest BCUT2D eigenvalue weighted by molar-refractivity contribution is 6.31. The molecule has 25 heavy (non-hydrogen) atoms. The highest BCUT2D eigenvalue weighted by Crippen LogP contribution is 2.32. The molecule has 4 rings (SSSR count). The van der Waals surface area contributed by atoms with Crippen LogP contribution in [0.3, 0.4) is 0 Å². The minimum Gasteiger partial charge on any atom is -0.295 e. The smallest absolute Gasteiger partial charge is 0.295 e. The van der Waals surface area contributed by atoms with E-state index < -0.39 is 0 Å². The lowest BCUT2D eigenvalue weighted by molar-refractivity contribution is 0.443. The van der Waals surface area contributed by atoms with Gasteiger partial charge >= 0.3 is 5.69 Å². The van der Waals surface area contributed by atoms with Crippen molar-refractivity contribution in [1.29, 1.82) is 0 Å². The Kier molecular flexibility index (Phi) is 4.43. The molecule has 0 aliphatic heterocycles. The van der Waals surface area contributed by atoms with Crippen LogP contribution in [0.15, 0.2) is 47.3 Å². The van der Waals surface area contributed by atoms with Gasteiger partial charge in [0.2, 0.25) is 0 Å². The Labute approximate surface area is 152 Å². The summed E-state index contributed by atoms with van der Waals surface area (Å²) in [5, 5.41) is 0.650. The molecule has 0 spiro atoms. The van der Waals surface area contributed by atoms with Gasteiger partial charge in [0.1, 0.15) is 0 Å². The quantitative estimate of drug-likeness (QED) is 0.643. The number of nitrogens with zero attached hydrogens (tertiary/aromatic N) is 2. The number of fused-ring (bicyclic) bond motifs is 1. The molecule has 0 bridgehead atoms. The van der Waals surface area contributed by atoms with Crippen LogP contribution < -0.4 is 5.69 Å². The van der Waals surface area contributed by atoms with Crippen molar-refractivity contribution in [2.75, 3.05) is 0 Å². The number of hydrogen-bond donors (Lipinski definition) is 0. The summed E-state index contributed by atoms with van der Waals surface area (Å²) < 4.78 is 3.49. The first-order valence-corrected chi connectivity index (χ1v) is 9.45. The fraction of sp³-hybridized carbons (Fsp3) is 0.381. The molecular weight excluding hydrogens is 332 g/mol. The molecule has 0 radical (unpaired) electrons. The molecule has 3 nitrogen and oxygen atoms in total. The van der Waals surface area contributed by atoms with Crippen LogP contribution in [-0.2, 0) is 13.6 Å². The Morgan fingerprint density at radius 2 is 1.72 bits per heavy atom. The Bertz CT molecular complexity index is 946. The van der Waals surface area contributed by atoms with Gasteiger partial charge in [0.05, 0.1) is 17.6 Å². The van der Waals surface area contributed by atoms with Crippen molar-refractivity contribution in [3.63, 3.8) is 0 Å². The lowest BCUT2D eigenvalue weighted by atomic mass is 9.84. The molecule has 4 heteroatoms. The fourth-order valence-electron chi connectivity index (χ4n) is 4.05. The van der Waals surface area contributed by atoms with Gasteiger partial charge in [-0.05, 0) is 48.1 Å². The molecule has 1 heterocycles. The van der Waals surface area contributed by atoms with Gasteiger partial charge in [0.15, 0.2) is 0 Å². The molecule has 0 N–H and O–H groups in total. The van der Waals surface area contributed by atoms with Crippen molar-refractivity contribution >= 4 is 22.6 Å². The molecule has 0 saturated heterocycles. The number of halogens is 1. The van der Waals surface area contributed by atoms with E-state index in [1.54, 1.807) is 11.6 Å². The van der Waals surface area contributed by atoms with Gasteiger partial charge < -0.3 is 0 Å². The van der Waals surface area contributed by atoms with E-state index in [0.29, 0.717) is 17.5 Å². The zero-order chi connectivity index (χ0) is 17.4. The molecule has 1 fully saturated rings. The van der Waals surface area contributed by atoms with Crippen LogP contribution in [0.1, 0.15) is 49.1 Å². The van der Waals surface area contributed by atoms with Crippen molar-refractivity contribution in [2.45, 2.75) is 44.6 Å². The predicted molar refractivity (Wildman–Crippen MR) is 104 cm³/mol. The van der Waals surface area contributed by atoms with Crippen molar-refractivity contribution in [3.05, 3.63) is 69.1 Å². The maximum atomic E-state index is 12.6. The molecule has 0 amide bonds. The lowest BCUT2D eigenvalue weighted by Gasteiger charge is -2.22. The molecule has 3 aromatic rings. The zero-order valence-corrected chi connectivity index (χ0v) is 15.3. The van der Waals surface area contributed by atoms with Crippen LogP contribution in [0.4, 0.5) is 0 Å². The Morgan fingerprint density at radius 3 is 2.44 bits per heavy atom. The fourth-order valence-corrected chi connectivity index (χ4v) is 4.21. The van der Waals surface area contributed by atoms with Gasteiger partial charge in [-0.3, -0.25) is 9.13 Å². The summed E-state index contributed by atoms with van der Waals surface area (Å²) in [7, 11) is 1.80. The molecule has 0 unspecified atom stereocenters. The summed E-state index contributed by atoms with van der Waals surface area (Å²) in [6, 6.07) is 14.5. The first kappa shape index (κ1) is 16.5. The summed E-state index contributed by atoms with van der Waals surface area (Å²) in [5.74, 6) is 0.713. The van der Waals surface area contributed by atoms with Crippen LogP contribution in [-0.4, -0.2) is 9.13 Å². The third-order valence-electron chi connectivity index (χ3n) is 5.50. The van der Waals surface area contributed by atoms with Crippen LogP contribution in [0.25, 0.3) is 11.0 Å². The average molecular weight is 355 g/mol. The van der Waals surface area contributed by atoms with Gasteiger partial charge in [0.25, 0.3) is 0 Å². The molecule has 1 aromatic heterocycles. The maximum absolute atomic E-state index is 12.6. The number of imidazole rings is 1. The minimum atomic E-state index is -0.00590. The number of aryl methyl sites for hydroxylation is 1. The molecular formula is C21H23ClN2O. The van der Waals surface area contributed by atoms with Crippen molar-refractivity contribution < 1.29 is 0 Å². The monoisotopic (exact) mass is 354 g/mol. The van der Waals surface area contributed by atoms with E-state index >= 15 is 0 Å². The maximum Gasteiger partial charge on any atom is 0.329 e. The van der Waals surface area contributed by atoms with E-state index in [1.807, 2.05) is 22.8 Å². The zero-order valence-electron chi connectivity index (χ0n) is 14.5. The van der Waals surface area contributed by atoms with Crippen LogP contribution in [0.2, 0.25) is 5.02 Å². The third-order valence-corrected chi connectivity index (χ3v) is 5.74. The second-order valence-electron chi connectivity index (χ2n) is 7.14. The summed E-state index contributed by atoms with van der Waals surface area (Å²) >= 11 is 6.08. The first-order chi connectivity index (χ1) is 12.1.